The van der Waals surface area contributed by atoms with Gasteiger partial charge in [-0.15, -0.1) is 0 Å². The molecule has 3 aromatic carbocycles. The van der Waals surface area contributed by atoms with Crippen molar-refractivity contribution in [2.45, 2.75) is 26.9 Å². The fourth-order valence-electron chi connectivity index (χ4n) is 3.94. The number of methoxy groups -OCH3 is 2. The lowest BCUT2D eigenvalue weighted by Crippen LogP contribution is -2.45. The van der Waals surface area contributed by atoms with E-state index in [-0.39, 0.29) is 13.6 Å². The Labute approximate surface area is 194 Å². The topological polar surface area (TPSA) is 36.9 Å². The highest BCUT2D eigenvalue weighted by molar-refractivity contribution is 8.06. The summed E-state index contributed by atoms with van der Waals surface area (Å²) in [6, 6.07) is 23.7. The molecule has 3 aromatic rings. The van der Waals surface area contributed by atoms with E-state index in [9.17, 15) is 0 Å². The van der Waals surface area contributed by atoms with Crippen LogP contribution < -0.4 is 25.3 Å². The van der Waals surface area contributed by atoms with Crippen molar-refractivity contribution in [2.24, 2.45) is 0 Å². The van der Waals surface area contributed by atoms with Crippen LogP contribution in [0.1, 0.15) is 11.1 Å². The van der Waals surface area contributed by atoms with Gasteiger partial charge in [0.15, 0.2) is 13.6 Å². The molecule has 0 fully saturated rings. The molecule has 0 spiro atoms. The second kappa shape index (κ2) is 11.1. The second-order valence-corrected chi connectivity index (χ2v) is 18.2. The van der Waals surface area contributed by atoms with Crippen LogP contribution >= 0.6 is 7.47 Å². The van der Waals surface area contributed by atoms with E-state index >= 15 is 0 Å². The summed E-state index contributed by atoms with van der Waals surface area (Å²) in [6.45, 7) is 9.51. The molecule has 4 nitrogen and oxygen atoms in total. The van der Waals surface area contributed by atoms with Gasteiger partial charge in [0.25, 0.3) is 0 Å². The van der Waals surface area contributed by atoms with Crippen LogP contribution in [0.25, 0.3) is 0 Å². The van der Waals surface area contributed by atoms with Crippen molar-refractivity contribution in [1.82, 2.24) is 0 Å². The molecule has 0 saturated carbocycles. The molecule has 0 aromatic heterocycles. The molecular formula is C26H33O4PSi. The Hall–Kier alpha value is -2.17. The highest BCUT2D eigenvalue weighted by Gasteiger charge is 2.39. The van der Waals surface area contributed by atoms with Crippen LogP contribution in [0, 0.1) is 13.8 Å². The normalized spacial score (nSPS) is 11.6. The number of rotatable bonds is 10. The van der Waals surface area contributed by atoms with Gasteiger partial charge in [-0.3, -0.25) is 0 Å². The fraction of sp³-hybridized carbons (Fsp3) is 0.308. The van der Waals surface area contributed by atoms with Gasteiger partial charge in [0.1, 0.15) is 19.2 Å². The third-order valence-corrected chi connectivity index (χ3v) is 15.7. The summed E-state index contributed by atoms with van der Waals surface area (Å²) in [4.78, 5) is 0. The third-order valence-electron chi connectivity index (χ3n) is 5.55. The molecule has 0 aliphatic carbocycles. The predicted octanol–water partition coefficient (Wildman–Crippen LogP) is 4.81. The van der Waals surface area contributed by atoms with Gasteiger partial charge in [-0.1, -0.05) is 85.0 Å². The molecule has 32 heavy (non-hydrogen) atoms. The number of hydrogen-bond donors (Lipinski definition) is 0. The van der Waals surface area contributed by atoms with Crippen LogP contribution in [0.3, 0.4) is 0 Å². The smallest absolute Gasteiger partial charge is 0.188 e. The minimum atomic E-state index is -2.05. The minimum absolute atomic E-state index is 0.217. The Bertz CT molecular complexity index is 966. The van der Waals surface area contributed by atoms with E-state index < -0.39 is 15.2 Å². The Morgan fingerprint density at radius 1 is 0.656 bits per heavy atom. The molecule has 0 bridgehead atoms. The predicted molar refractivity (Wildman–Crippen MR) is 137 cm³/mol. The van der Waals surface area contributed by atoms with E-state index in [4.69, 9.17) is 18.9 Å². The van der Waals surface area contributed by atoms with Crippen LogP contribution in [0.2, 0.25) is 13.1 Å². The number of ether oxygens (including phenoxy) is 4. The van der Waals surface area contributed by atoms with E-state index in [2.05, 4.69) is 93.7 Å². The van der Waals surface area contributed by atoms with Crippen molar-refractivity contribution in [1.29, 1.82) is 0 Å². The van der Waals surface area contributed by atoms with Crippen molar-refractivity contribution in [3.05, 3.63) is 77.9 Å². The third kappa shape index (κ3) is 5.24. The number of aryl methyl sites for hydroxylation is 2. The van der Waals surface area contributed by atoms with Crippen LogP contribution in [-0.4, -0.2) is 35.5 Å². The van der Waals surface area contributed by atoms with Gasteiger partial charge >= 0.3 is 0 Å². The standard InChI is InChI=1S/C26H33O4PSi/c1-20-12-10-16-23(25(20)29-18-27-3)31(32(5,6)22-14-8-7-9-15-22)24-17-11-13-21(2)26(24)30-19-28-4/h7-17H,18-19H2,1-6H3. The first-order valence-electron chi connectivity index (χ1n) is 10.7. The summed E-state index contributed by atoms with van der Waals surface area (Å²) in [6.07, 6.45) is 0. The fourth-order valence-corrected chi connectivity index (χ4v) is 13.9. The van der Waals surface area contributed by atoms with Crippen molar-refractivity contribution in [3.63, 3.8) is 0 Å². The maximum atomic E-state index is 6.15. The lowest BCUT2D eigenvalue weighted by molar-refractivity contribution is 0.0514. The van der Waals surface area contributed by atoms with E-state index in [1.807, 2.05) is 0 Å². The zero-order valence-electron chi connectivity index (χ0n) is 19.8. The quantitative estimate of drug-likeness (QED) is 0.243. The molecule has 170 valence electrons. The summed E-state index contributed by atoms with van der Waals surface area (Å²) in [5.74, 6) is 1.83. The summed E-state index contributed by atoms with van der Waals surface area (Å²) in [7, 11) is 0.453. The Kier molecular flexibility index (Phi) is 8.49. The average molecular weight is 469 g/mol. The molecule has 0 aliphatic heterocycles. The molecule has 6 heteroatoms. The maximum Gasteiger partial charge on any atom is 0.188 e. The first kappa shape index (κ1) is 24.5. The average Bonchev–Trinajstić information content (AvgIpc) is 2.79. The van der Waals surface area contributed by atoms with Gasteiger partial charge in [0, 0.05) is 24.8 Å². The summed E-state index contributed by atoms with van der Waals surface area (Å²) < 4.78 is 22.8. The molecule has 0 saturated heterocycles. The van der Waals surface area contributed by atoms with Crippen LogP contribution in [-0.2, 0) is 9.47 Å². The SMILES string of the molecule is COCOc1c(C)cccc1P(c1cccc(C)c1OCOC)[Si](C)(C)c1ccccc1. The van der Waals surface area contributed by atoms with E-state index in [0.29, 0.717) is 0 Å². The lowest BCUT2D eigenvalue weighted by Gasteiger charge is -2.36. The van der Waals surface area contributed by atoms with Crippen LogP contribution in [0.5, 0.6) is 11.5 Å². The minimum Gasteiger partial charge on any atom is -0.467 e. The first-order chi connectivity index (χ1) is 15.4. The summed E-state index contributed by atoms with van der Waals surface area (Å²) >= 11 is 0. The van der Waals surface area contributed by atoms with Crippen LogP contribution in [0.4, 0.5) is 0 Å². The van der Waals surface area contributed by atoms with Gasteiger partial charge in [-0.2, -0.15) is 0 Å². The number of benzene rings is 3. The zero-order valence-corrected chi connectivity index (χ0v) is 21.7. The number of hydrogen-bond acceptors (Lipinski definition) is 4. The largest absolute Gasteiger partial charge is 0.467 e. The number of para-hydroxylation sites is 2. The molecular weight excluding hydrogens is 435 g/mol. The summed E-state index contributed by atoms with van der Waals surface area (Å²) in [5.41, 5.74) is 2.22. The Morgan fingerprint density at radius 2 is 1.12 bits per heavy atom. The van der Waals surface area contributed by atoms with Gasteiger partial charge in [0.2, 0.25) is 0 Å². The monoisotopic (exact) mass is 468 g/mol. The van der Waals surface area contributed by atoms with Crippen LogP contribution in [0.15, 0.2) is 66.7 Å². The molecule has 0 N–H and O–H groups in total. The zero-order chi connectivity index (χ0) is 23.1. The van der Waals surface area contributed by atoms with Crippen molar-refractivity contribution in [2.75, 3.05) is 27.8 Å². The van der Waals surface area contributed by atoms with Gasteiger partial charge < -0.3 is 18.9 Å². The molecule has 0 heterocycles. The Balaban J connectivity index is 2.29. The summed E-state index contributed by atoms with van der Waals surface area (Å²) in [5, 5.41) is 3.86. The van der Waals surface area contributed by atoms with Crippen molar-refractivity contribution in [3.8, 4) is 11.5 Å². The maximum absolute atomic E-state index is 6.15. The highest BCUT2D eigenvalue weighted by atomic mass is 31.4. The molecule has 0 aliphatic rings. The molecule has 0 unspecified atom stereocenters. The van der Waals surface area contributed by atoms with E-state index in [1.165, 1.54) is 15.8 Å². The molecule has 3 rings (SSSR count). The first-order valence-corrected chi connectivity index (χ1v) is 15.9. The van der Waals surface area contributed by atoms with Gasteiger partial charge in [0.05, 0.1) is 0 Å². The Morgan fingerprint density at radius 3 is 1.56 bits per heavy atom. The van der Waals surface area contributed by atoms with E-state index in [1.54, 1.807) is 14.2 Å². The molecule has 0 radical (unpaired) electrons. The van der Waals surface area contributed by atoms with Crippen molar-refractivity contribution < 1.29 is 18.9 Å². The van der Waals surface area contributed by atoms with E-state index in [0.717, 1.165) is 22.6 Å². The second-order valence-electron chi connectivity index (χ2n) is 8.21. The highest BCUT2D eigenvalue weighted by Crippen LogP contribution is 2.49. The lowest BCUT2D eigenvalue weighted by atomic mass is 10.2. The molecule has 0 amide bonds. The van der Waals surface area contributed by atoms with Gasteiger partial charge in [-0.05, 0) is 32.4 Å². The van der Waals surface area contributed by atoms with Crippen molar-refractivity contribution >= 4 is 31.0 Å². The van der Waals surface area contributed by atoms with Gasteiger partial charge in [-0.25, -0.2) is 0 Å². The molecule has 0 atom stereocenters.